The van der Waals surface area contributed by atoms with Gasteiger partial charge in [0.25, 0.3) is 11.8 Å². The van der Waals surface area contributed by atoms with E-state index < -0.39 is 41.7 Å². The highest BCUT2D eigenvalue weighted by atomic mass is 19.4. The van der Waals surface area contributed by atoms with Crippen molar-refractivity contribution in [3.63, 3.8) is 0 Å². The summed E-state index contributed by atoms with van der Waals surface area (Å²) in [7, 11) is 0. The predicted octanol–water partition coefficient (Wildman–Crippen LogP) is 2.66. The van der Waals surface area contributed by atoms with Gasteiger partial charge in [0, 0.05) is 12.6 Å². The molecular formula is C17H15F3N2O5. The maximum atomic E-state index is 12.6. The van der Waals surface area contributed by atoms with Crippen LogP contribution in [0.25, 0.3) is 0 Å². The zero-order valence-electron chi connectivity index (χ0n) is 14.3. The Morgan fingerprint density at radius 1 is 1.22 bits per heavy atom. The number of nitrogens with zero attached hydrogens (tertiary/aromatic N) is 2. The van der Waals surface area contributed by atoms with E-state index in [1.807, 2.05) is 0 Å². The average Bonchev–Trinajstić information content (AvgIpc) is 2.53. The normalized spacial score (nSPS) is 18.4. The SMILES string of the molecule is CC=CCN1C(=O)C(C(C)=O)C(=O)N(c2cccc(OC(F)(F)F)c2)C1=O. The number of ether oxygens (including phenoxy) is 1. The Bertz CT molecular complexity index is 819. The van der Waals surface area contributed by atoms with Gasteiger partial charge >= 0.3 is 12.4 Å². The second-order valence-corrected chi connectivity index (χ2v) is 5.56. The number of barbiturate groups is 1. The lowest BCUT2D eigenvalue weighted by Gasteiger charge is -2.35. The fourth-order valence-corrected chi connectivity index (χ4v) is 2.48. The number of benzene rings is 1. The van der Waals surface area contributed by atoms with E-state index >= 15 is 0 Å². The maximum Gasteiger partial charge on any atom is 0.573 e. The van der Waals surface area contributed by atoms with E-state index in [-0.39, 0.29) is 12.2 Å². The van der Waals surface area contributed by atoms with E-state index in [4.69, 9.17) is 0 Å². The molecule has 0 aromatic heterocycles. The van der Waals surface area contributed by atoms with E-state index in [0.29, 0.717) is 9.80 Å². The molecule has 1 unspecified atom stereocenters. The van der Waals surface area contributed by atoms with Gasteiger partial charge in [0.1, 0.15) is 5.75 Å². The van der Waals surface area contributed by atoms with Gasteiger partial charge in [0.2, 0.25) is 0 Å². The summed E-state index contributed by atoms with van der Waals surface area (Å²) in [6, 6.07) is 3.09. The van der Waals surface area contributed by atoms with Crippen molar-refractivity contribution < 1.29 is 37.1 Å². The second-order valence-electron chi connectivity index (χ2n) is 5.56. The van der Waals surface area contributed by atoms with Crippen molar-refractivity contribution in [2.75, 3.05) is 11.4 Å². The van der Waals surface area contributed by atoms with Crippen molar-refractivity contribution >= 4 is 29.3 Å². The topological polar surface area (TPSA) is 84.0 Å². The molecule has 0 radical (unpaired) electrons. The molecule has 1 aliphatic heterocycles. The van der Waals surface area contributed by atoms with Crippen LogP contribution < -0.4 is 9.64 Å². The number of imide groups is 2. The molecule has 1 atom stereocenters. The van der Waals surface area contributed by atoms with E-state index in [2.05, 4.69) is 4.74 Å². The number of anilines is 1. The maximum absolute atomic E-state index is 12.6. The molecule has 0 spiro atoms. The van der Waals surface area contributed by atoms with Crippen LogP contribution in [0, 0.1) is 5.92 Å². The highest BCUT2D eigenvalue weighted by Gasteiger charge is 2.48. The number of carbonyl (C=O) groups is 4. The molecule has 0 aliphatic carbocycles. The summed E-state index contributed by atoms with van der Waals surface area (Å²) in [6.07, 6.45) is -1.95. The van der Waals surface area contributed by atoms with Crippen LogP contribution in [0.15, 0.2) is 36.4 Å². The zero-order valence-corrected chi connectivity index (χ0v) is 14.3. The zero-order chi connectivity index (χ0) is 20.4. The minimum atomic E-state index is -4.97. The van der Waals surface area contributed by atoms with Gasteiger partial charge in [-0.15, -0.1) is 13.2 Å². The van der Waals surface area contributed by atoms with Gasteiger partial charge in [0.05, 0.1) is 5.69 Å². The molecule has 7 nitrogen and oxygen atoms in total. The summed E-state index contributed by atoms with van der Waals surface area (Å²) in [5.41, 5.74) is -0.254. The van der Waals surface area contributed by atoms with Crippen molar-refractivity contribution in [3.8, 4) is 5.75 Å². The first-order valence-corrected chi connectivity index (χ1v) is 7.73. The van der Waals surface area contributed by atoms with Crippen molar-refractivity contribution in [1.82, 2.24) is 4.90 Å². The smallest absolute Gasteiger partial charge is 0.406 e. The van der Waals surface area contributed by atoms with Crippen LogP contribution in [0.4, 0.5) is 23.7 Å². The summed E-state index contributed by atoms with van der Waals surface area (Å²) < 4.78 is 41.0. The number of rotatable bonds is 5. The van der Waals surface area contributed by atoms with Crippen LogP contribution in [0.3, 0.4) is 0 Å². The third kappa shape index (κ3) is 4.33. The quantitative estimate of drug-likeness (QED) is 0.576. The second kappa shape index (κ2) is 7.60. The van der Waals surface area contributed by atoms with Gasteiger partial charge in [-0.25, -0.2) is 9.69 Å². The number of hydrogen-bond acceptors (Lipinski definition) is 5. The Kier molecular flexibility index (Phi) is 5.67. The molecule has 0 N–H and O–H groups in total. The largest absolute Gasteiger partial charge is 0.573 e. The fourth-order valence-electron chi connectivity index (χ4n) is 2.48. The van der Waals surface area contributed by atoms with Crippen LogP contribution in [-0.4, -0.2) is 41.4 Å². The van der Waals surface area contributed by atoms with Gasteiger partial charge < -0.3 is 4.74 Å². The molecule has 27 heavy (non-hydrogen) atoms. The number of hydrogen-bond donors (Lipinski definition) is 0. The summed E-state index contributed by atoms with van der Waals surface area (Å²) in [4.78, 5) is 50.5. The molecule has 4 amide bonds. The lowest BCUT2D eigenvalue weighted by Crippen LogP contribution is -2.61. The molecule has 1 aliphatic rings. The van der Waals surface area contributed by atoms with Crippen LogP contribution in [-0.2, 0) is 14.4 Å². The molecule has 0 bridgehead atoms. The lowest BCUT2D eigenvalue weighted by molar-refractivity contribution is -0.274. The van der Waals surface area contributed by atoms with E-state index in [0.717, 1.165) is 25.1 Å². The minimum absolute atomic E-state index is 0.194. The summed E-state index contributed by atoms with van der Waals surface area (Å²) in [6.45, 7) is 2.47. The van der Waals surface area contributed by atoms with Gasteiger partial charge in [0.15, 0.2) is 11.7 Å². The van der Waals surface area contributed by atoms with Crippen LogP contribution in [0.2, 0.25) is 0 Å². The van der Waals surface area contributed by atoms with Gasteiger partial charge in [-0.2, -0.15) is 0 Å². The van der Waals surface area contributed by atoms with E-state index in [1.165, 1.54) is 12.1 Å². The third-order valence-electron chi connectivity index (χ3n) is 3.64. The molecule has 10 heteroatoms. The molecule has 1 aromatic rings. The van der Waals surface area contributed by atoms with E-state index in [9.17, 15) is 32.3 Å². The number of ketones is 1. The lowest BCUT2D eigenvalue weighted by atomic mass is 9.98. The average molecular weight is 384 g/mol. The molecule has 2 rings (SSSR count). The van der Waals surface area contributed by atoms with Crippen molar-refractivity contribution in [2.45, 2.75) is 20.2 Å². The first kappa shape index (κ1) is 20.1. The fraction of sp³-hybridized carbons (Fsp3) is 0.294. The standard InChI is InChI=1S/C17H15F3N2O5/c1-3-4-8-21-14(24)13(10(2)23)15(25)22(16(21)26)11-6-5-7-12(9-11)27-17(18,19)20/h3-7,9,13H,8H2,1-2H3. The molecule has 1 heterocycles. The highest BCUT2D eigenvalue weighted by Crippen LogP contribution is 2.30. The van der Waals surface area contributed by atoms with Crippen LogP contribution in [0.5, 0.6) is 5.75 Å². The van der Waals surface area contributed by atoms with Crippen LogP contribution >= 0.6 is 0 Å². The molecule has 1 saturated heterocycles. The monoisotopic (exact) mass is 384 g/mol. The minimum Gasteiger partial charge on any atom is -0.406 e. The number of allylic oxidation sites excluding steroid dienone is 1. The Hall–Kier alpha value is -3.17. The Morgan fingerprint density at radius 2 is 1.89 bits per heavy atom. The molecule has 144 valence electrons. The number of urea groups is 1. The number of amides is 4. The number of alkyl halides is 3. The van der Waals surface area contributed by atoms with Crippen LogP contribution in [0.1, 0.15) is 13.8 Å². The first-order chi connectivity index (χ1) is 12.6. The summed E-state index contributed by atoms with van der Waals surface area (Å²) >= 11 is 0. The van der Waals surface area contributed by atoms with Crippen molar-refractivity contribution in [1.29, 1.82) is 0 Å². The molecule has 0 saturated carbocycles. The van der Waals surface area contributed by atoms with Gasteiger partial charge in [-0.1, -0.05) is 18.2 Å². The van der Waals surface area contributed by atoms with Gasteiger partial charge in [-0.3, -0.25) is 19.3 Å². The summed E-state index contributed by atoms with van der Waals surface area (Å²) in [5, 5.41) is 0. The Morgan fingerprint density at radius 3 is 2.44 bits per heavy atom. The van der Waals surface area contributed by atoms with Crippen molar-refractivity contribution in [2.24, 2.45) is 5.92 Å². The molecular weight excluding hydrogens is 369 g/mol. The molecule has 1 fully saturated rings. The molecule has 1 aromatic carbocycles. The third-order valence-corrected chi connectivity index (χ3v) is 3.64. The van der Waals surface area contributed by atoms with Gasteiger partial charge in [-0.05, 0) is 26.0 Å². The van der Waals surface area contributed by atoms with Crippen molar-refractivity contribution in [3.05, 3.63) is 36.4 Å². The first-order valence-electron chi connectivity index (χ1n) is 7.73. The van der Waals surface area contributed by atoms with E-state index in [1.54, 1.807) is 13.0 Å². The Balaban J connectivity index is 2.48. The summed E-state index contributed by atoms with van der Waals surface area (Å²) in [5.74, 6) is -5.29. The number of halogens is 3. The Labute approximate surface area is 152 Å². The predicted molar refractivity (Wildman–Crippen MR) is 86.7 cm³/mol. The number of Topliss-reactive ketones (excluding diaryl/α,β-unsaturated/α-hetero) is 1. The number of carbonyl (C=O) groups excluding carboxylic acids is 4. The highest BCUT2D eigenvalue weighted by molar-refractivity contribution is 6.34.